The number of aromatic carboxylic acids is 1. The predicted octanol–water partition coefficient (Wildman–Crippen LogP) is 2.97. The van der Waals surface area contributed by atoms with Crippen molar-refractivity contribution in [3.8, 4) is 0 Å². The van der Waals surface area contributed by atoms with Gasteiger partial charge in [0.25, 0.3) is 0 Å². The highest BCUT2D eigenvalue weighted by molar-refractivity contribution is 5.90. The largest absolute Gasteiger partial charge is 0.477 e. The number of hydrogen-bond acceptors (Lipinski definition) is 3. The molecule has 1 aliphatic carbocycles. The van der Waals surface area contributed by atoms with E-state index in [2.05, 4.69) is 10.3 Å². The molecule has 0 spiro atoms. The summed E-state index contributed by atoms with van der Waals surface area (Å²) in [7, 11) is 0. The second-order valence-corrected chi connectivity index (χ2v) is 5.25. The lowest BCUT2D eigenvalue weighted by atomic mass is 9.94. The lowest BCUT2D eigenvalue weighted by molar-refractivity contribution is 0.0690. The average Bonchev–Trinajstić information content (AvgIpc) is 2.49. The summed E-state index contributed by atoms with van der Waals surface area (Å²) in [6.45, 7) is 2.64. The first-order valence-electron chi connectivity index (χ1n) is 7.38. The molecule has 114 valence electrons. The van der Waals surface area contributed by atoms with E-state index in [0.29, 0.717) is 18.3 Å². The molecular formula is C15H21N3O3. The number of nitrogens with zero attached hydrogens (tertiary/aromatic N) is 2. The van der Waals surface area contributed by atoms with Crippen LogP contribution in [0.25, 0.3) is 0 Å². The Kier molecular flexibility index (Phi) is 5.14. The number of aromatic nitrogens is 1. The Bertz CT molecular complexity index is 495. The SMILES string of the molecule is CCN(C(=O)Nc1ccc(C(=O)O)nc1)C1CCCCC1. The zero-order valence-electron chi connectivity index (χ0n) is 12.2. The van der Waals surface area contributed by atoms with Gasteiger partial charge in [-0.2, -0.15) is 0 Å². The predicted molar refractivity (Wildman–Crippen MR) is 79.5 cm³/mol. The van der Waals surface area contributed by atoms with E-state index < -0.39 is 5.97 Å². The molecule has 21 heavy (non-hydrogen) atoms. The average molecular weight is 291 g/mol. The van der Waals surface area contributed by atoms with Crippen molar-refractivity contribution in [1.82, 2.24) is 9.88 Å². The van der Waals surface area contributed by atoms with Crippen LogP contribution >= 0.6 is 0 Å². The van der Waals surface area contributed by atoms with Crippen LogP contribution in [0.1, 0.15) is 49.5 Å². The van der Waals surface area contributed by atoms with Crippen LogP contribution in [0.3, 0.4) is 0 Å². The lowest BCUT2D eigenvalue weighted by Gasteiger charge is -2.33. The maximum absolute atomic E-state index is 12.3. The molecule has 6 nitrogen and oxygen atoms in total. The first-order chi connectivity index (χ1) is 10.1. The number of amides is 2. The van der Waals surface area contributed by atoms with Crippen molar-refractivity contribution in [2.75, 3.05) is 11.9 Å². The van der Waals surface area contributed by atoms with Crippen LogP contribution in [0.4, 0.5) is 10.5 Å². The van der Waals surface area contributed by atoms with Gasteiger partial charge in [0.2, 0.25) is 0 Å². The molecular weight excluding hydrogens is 270 g/mol. The molecule has 2 amide bonds. The number of carboxylic acids is 1. The molecule has 0 saturated heterocycles. The summed E-state index contributed by atoms with van der Waals surface area (Å²) in [4.78, 5) is 28.7. The van der Waals surface area contributed by atoms with Crippen molar-refractivity contribution >= 4 is 17.7 Å². The van der Waals surface area contributed by atoms with E-state index >= 15 is 0 Å². The van der Waals surface area contributed by atoms with Crippen LogP contribution in [0.2, 0.25) is 0 Å². The first kappa shape index (κ1) is 15.3. The van der Waals surface area contributed by atoms with Crippen LogP contribution in [-0.4, -0.2) is 39.6 Å². The molecule has 0 unspecified atom stereocenters. The Morgan fingerprint density at radius 2 is 2.05 bits per heavy atom. The molecule has 2 rings (SSSR count). The van der Waals surface area contributed by atoms with Crippen LogP contribution < -0.4 is 5.32 Å². The number of carboxylic acid groups (broad SMARTS) is 1. The fourth-order valence-electron chi connectivity index (χ4n) is 2.75. The summed E-state index contributed by atoms with van der Waals surface area (Å²) in [6.07, 6.45) is 7.06. The highest BCUT2D eigenvalue weighted by atomic mass is 16.4. The van der Waals surface area contributed by atoms with Crippen molar-refractivity contribution in [1.29, 1.82) is 0 Å². The second-order valence-electron chi connectivity index (χ2n) is 5.25. The highest BCUT2D eigenvalue weighted by Crippen LogP contribution is 2.23. The summed E-state index contributed by atoms with van der Waals surface area (Å²) in [6, 6.07) is 3.10. The molecule has 1 aromatic heterocycles. The van der Waals surface area contributed by atoms with Crippen molar-refractivity contribution in [2.45, 2.75) is 45.1 Å². The third-order valence-corrected chi connectivity index (χ3v) is 3.85. The maximum atomic E-state index is 12.3. The molecule has 2 N–H and O–H groups in total. The number of rotatable bonds is 4. The van der Waals surface area contributed by atoms with E-state index in [-0.39, 0.29) is 11.7 Å². The molecule has 0 radical (unpaired) electrons. The third-order valence-electron chi connectivity index (χ3n) is 3.85. The Balaban J connectivity index is 1.99. The second kappa shape index (κ2) is 7.06. The number of carbonyl (C=O) groups excluding carboxylic acids is 1. The Morgan fingerprint density at radius 1 is 1.33 bits per heavy atom. The van der Waals surface area contributed by atoms with Gasteiger partial charge < -0.3 is 15.3 Å². The summed E-state index contributed by atoms with van der Waals surface area (Å²) in [5.74, 6) is -1.08. The van der Waals surface area contributed by atoms with Crippen LogP contribution in [-0.2, 0) is 0 Å². The molecule has 1 fully saturated rings. The molecule has 0 bridgehead atoms. The Morgan fingerprint density at radius 3 is 2.57 bits per heavy atom. The van der Waals surface area contributed by atoms with Crippen LogP contribution in [0, 0.1) is 0 Å². The molecule has 1 aromatic rings. The van der Waals surface area contributed by atoms with E-state index in [9.17, 15) is 9.59 Å². The minimum atomic E-state index is -1.08. The van der Waals surface area contributed by atoms with Gasteiger partial charge in [-0.15, -0.1) is 0 Å². The number of pyridine rings is 1. The monoisotopic (exact) mass is 291 g/mol. The quantitative estimate of drug-likeness (QED) is 0.893. The minimum Gasteiger partial charge on any atom is -0.477 e. The standard InChI is InChI=1S/C15H21N3O3/c1-2-18(12-6-4-3-5-7-12)15(21)17-11-8-9-13(14(19)20)16-10-11/h8-10,12H,2-7H2,1H3,(H,17,21)(H,19,20). The number of anilines is 1. The molecule has 0 atom stereocenters. The molecule has 0 aliphatic heterocycles. The molecule has 1 aliphatic rings. The molecule has 1 heterocycles. The summed E-state index contributed by atoms with van der Waals surface area (Å²) < 4.78 is 0. The van der Waals surface area contributed by atoms with E-state index in [1.807, 2.05) is 11.8 Å². The summed E-state index contributed by atoms with van der Waals surface area (Å²) >= 11 is 0. The van der Waals surface area contributed by atoms with Gasteiger partial charge in [-0.3, -0.25) is 0 Å². The topological polar surface area (TPSA) is 82.5 Å². The maximum Gasteiger partial charge on any atom is 0.354 e. The zero-order valence-corrected chi connectivity index (χ0v) is 12.2. The fourth-order valence-corrected chi connectivity index (χ4v) is 2.75. The lowest BCUT2D eigenvalue weighted by Crippen LogP contribution is -2.43. The highest BCUT2D eigenvalue weighted by Gasteiger charge is 2.24. The van der Waals surface area contributed by atoms with Gasteiger partial charge >= 0.3 is 12.0 Å². The van der Waals surface area contributed by atoms with E-state index in [0.717, 1.165) is 12.8 Å². The molecule has 1 saturated carbocycles. The van der Waals surface area contributed by atoms with Crippen molar-refractivity contribution < 1.29 is 14.7 Å². The first-order valence-corrected chi connectivity index (χ1v) is 7.38. The summed E-state index contributed by atoms with van der Waals surface area (Å²) in [5.41, 5.74) is 0.479. The normalized spacial score (nSPS) is 15.5. The van der Waals surface area contributed by atoms with Crippen LogP contribution in [0.15, 0.2) is 18.3 Å². The van der Waals surface area contributed by atoms with Crippen molar-refractivity contribution in [2.24, 2.45) is 0 Å². The molecule has 0 aromatic carbocycles. The smallest absolute Gasteiger partial charge is 0.354 e. The number of nitrogens with one attached hydrogen (secondary N) is 1. The third kappa shape index (κ3) is 3.93. The number of hydrogen-bond donors (Lipinski definition) is 2. The van der Waals surface area contributed by atoms with Crippen molar-refractivity contribution in [3.05, 3.63) is 24.0 Å². The van der Waals surface area contributed by atoms with Gasteiger partial charge in [0.1, 0.15) is 5.69 Å². The minimum absolute atomic E-state index is 0.0346. The zero-order chi connectivity index (χ0) is 15.2. The number of urea groups is 1. The Hall–Kier alpha value is -2.11. The van der Waals surface area contributed by atoms with Crippen LogP contribution in [0.5, 0.6) is 0 Å². The van der Waals surface area contributed by atoms with Gasteiger partial charge in [0.15, 0.2) is 0 Å². The van der Waals surface area contributed by atoms with E-state index in [1.54, 1.807) is 6.07 Å². The Labute approximate surface area is 124 Å². The van der Waals surface area contributed by atoms with E-state index in [4.69, 9.17) is 5.11 Å². The van der Waals surface area contributed by atoms with Gasteiger partial charge in [-0.25, -0.2) is 14.6 Å². The van der Waals surface area contributed by atoms with E-state index in [1.165, 1.54) is 31.5 Å². The van der Waals surface area contributed by atoms with Gasteiger partial charge in [-0.1, -0.05) is 19.3 Å². The van der Waals surface area contributed by atoms with Crippen molar-refractivity contribution in [3.63, 3.8) is 0 Å². The van der Waals surface area contributed by atoms with Gasteiger partial charge in [-0.05, 0) is 31.9 Å². The fraction of sp³-hybridized carbons (Fsp3) is 0.533. The summed E-state index contributed by atoms with van der Waals surface area (Å²) in [5, 5.41) is 11.6. The van der Waals surface area contributed by atoms with Gasteiger partial charge in [0, 0.05) is 12.6 Å². The van der Waals surface area contributed by atoms with Gasteiger partial charge in [0.05, 0.1) is 11.9 Å². The molecule has 6 heteroatoms. The number of carbonyl (C=O) groups is 2.